The molecule has 0 aliphatic carbocycles. The quantitative estimate of drug-likeness (QED) is 0.531. The molecule has 0 rings (SSSR count). The molecule has 0 spiro atoms. The summed E-state index contributed by atoms with van der Waals surface area (Å²) in [6.07, 6.45) is 11.2. The summed E-state index contributed by atoms with van der Waals surface area (Å²) >= 11 is 0. The number of nitrogens with one attached hydrogen (secondary N) is 1. The van der Waals surface area contributed by atoms with E-state index in [4.69, 9.17) is 0 Å². The first-order valence-corrected chi connectivity index (χ1v) is 6.83. The normalized spacial score (nSPS) is 15.2. The lowest BCUT2D eigenvalue weighted by atomic mass is 9.82. The smallest absolute Gasteiger partial charge is 0.000205 e. The molecule has 0 saturated heterocycles. The van der Waals surface area contributed by atoms with E-state index in [1.807, 2.05) is 0 Å². The molecule has 0 aromatic rings. The van der Waals surface area contributed by atoms with Gasteiger partial charge in [-0.1, -0.05) is 59.3 Å². The second-order valence-corrected chi connectivity index (χ2v) is 5.21. The zero-order chi connectivity index (χ0) is 11.6. The van der Waals surface area contributed by atoms with Gasteiger partial charge in [-0.3, -0.25) is 0 Å². The predicted molar refractivity (Wildman–Crippen MR) is 70.3 cm³/mol. The Morgan fingerprint density at radius 2 is 1.53 bits per heavy atom. The number of rotatable bonds is 10. The SMILES string of the molecule is CCCCCCCCC(C)(CC)CNC. The highest BCUT2D eigenvalue weighted by atomic mass is 14.8. The Hall–Kier alpha value is -0.0400. The van der Waals surface area contributed by atoms with Crippen LogP contribution in [-0.4, -0.2) is 13.6 Å². The Morgan fingerprint density at radius 3 is 2.07 bits per heavy atom. The molecule has 1 unspecified atom stereocenters. The molecule has 0 amide bonds. The Morgan fingerprint density at radius 1 is 0.933 bits per heavy atom. The van der Waals surface area contributed by atoms with Crippen LogP contribution in [0.4, 0.5) is 0 Å². The van der Waals surface area contributed by atoms with Gasteiger partial charge < -0.3 is 5.32 Å². The first kappa shape index (κ1) is 15.0. The van der Waals surface area contributed by atoms with Crippen molar-refractivity contribution in [2.45, 2.75) is 72.1 Å². The molecule has 1 N–H and O–H groups in total. The molecule has 0 aliphatic heterocycles. The highest BCUT2D eigenvalue weighted by Crippen LogP contribution is 2.27. The van der Waals surface area contributed by atoms with Gasteiger partial charge in [0.05, 0.1) is 0 Å². The van der Waals surface area contributed by atoms with E-state index in [1.54, 1.807) is 0 Å². The van der Waals surface area contributed by atoms with Gasteiger partial charge in [0.2, 0.25) is 0 Å². The number of hydrogen-bond donors (Lipinski definition) is 1. The van der Waals surface area contributed by atoms with E-state index in [-0.39, 0.29) is 0 Å². The van der Waals surface area contributed by atoms with E-state index in [0.29, 0.717) is 5.41 Å². The Bertz CT molecular complexity index is 133. The summed E-state index contributed by atoms with van der Waals surface area (Å²) in [6, 6.07) is 0. The highest BCUT2D eigenvalue weighted by Gasteiger charge is 2.19. The average Bonchev–Trinajstić information content (AvgIpc) is 2.24. The highest BCUT2D eigenvalue weighted by molar-refractivity contribution is 4.74. The van der Waals surface area contributed by atoms with Gasteiger partial charge in [-0.25, -0.2) is 0 Å². The second kappa shape index (κ2) is 9.21. The lowest BCUT2D eigenvalue weighted by Gasteiger charge is -2.28. The van der Waals surface area contributed by atoms with E-state index in [1.165, 1.54) is 57.9 Å². The summed E-state index contributed by atoms with van der Waals surface area (Å²) in [6.45, 7) is 8.17. The fourth-order valence-corrected chi connectivity index (χ4v) is 2.15. The zero-order valence-electron chi connectivity index (χ0n) is 11.4. The maximum Gasteiger partial charge on any atom is 0.000205 e. The van der Waals surface area contributed by atoms with Crippen molar-refractivity contribution in [2.75, 3.05) is 13.6 Å². The molecule has 1 atom stereocenters. The van der Waals surface area contributed by atoms with E-state index in [2.05, 4.69) is 33.1 Å². The van der Waals surface area contributed by atoms with E-state index in [0.717, 1.165) is 0 Å². The van der Waals surface area contributed by atoms with Gasteiger partial charge in [0.15, 0.2) is 0 Å². The molecule has 15 heavy (non-hydrogen) atoms. The molecule has 0 aromatic carbocycles. The van der Waals surface area contributed by atoms with E-state index in [9.17, 15) is 0 Å². The average molecular weight is 213 g/mol. The number of hydrogen-bond acceptors (Lipinski definition) is 1. The van der Waals surface area contributed by atoms with Crippen LogP contribution >= 0.6 is 0 Å². The van der Waals surface area contributed by atoms with Crippen LogP contribution in [0.25, 0.3) is 0 Å². The topological polar surface area (TPSA) is 12.0 Å². The third kappa shape index (κ3) is 7.84. The fraction of sp³-hybridized carbons (Fsp3) is 1.00. The van der Waals surface area contributed by atoms with Crippen LogP contribution in [0.15, 0.2) is 0 Å². The van der Waals surface area contributed by atoms with Crippen molar-refractivity contribution in [1.29, 1.82) is 0 Å². The van der Waals surface area contributed by atoms with Crippen molar-refractivity contribution in [1.82, 2.24) is 5.32 Å². The van der Waals surface area contributed by atoms with Crippen LogP contribution in [0, 0.1) is 5.41 Å². The molecule has 0 radical (unpaired) electrons. The summed E-state index contributed by atoms with van der Waals surface area (Å²) in [5.74, 6) is 0. The van der Waals surface area contributed by atoms with Crippen LogP contribution in [-0.2, 0) is 0 Å². The maximum absolute atomic E-state index is 3.32. The van der Waals surface area contributed by atoms with Crippen molar-refractivity contribution < 1.29 is 0 Å². The first-order valence-electron chi connectivity index (χ1n) is 6.83. The zero-order valence-corrected chi connectivity index (χ0v) is 11.4. The standard InChI is InChI=1S/C14H31N/c1-5-7-8-9-10-11-12-14(3,6-2)13-15-4/h15H,5-13H2,1-4H3. The van der Waals surface area contributed by atoms with Crippen LogP contribution in [0.3, 0.4) is 0 Å². The van der Waals surface area contributed by atoms with E-state index < -0.39 is 0 Å². The monoisotopic (exact) mass is 213 g/mol. The Labute approximate surface area is 97.0 Å². The fourth-order valence-electron chi connectivity index (χ4n) is 2.15. The van der Waals surface area contributed by atoms with Crippen LogP contribution < -0.4 is 5.32 Å². The largest absolute Gasteiger partial charge is 0.319 e. The van der Waals surface area contributed by atoms with Gasteiger partial charge in [-0.2, -0.15) is 0 Å². The molecule has 0 aliphatic rings. The van der Waals surface area contributed by atoms with Crippen molar-refractivity contribution in [2.24, 2.45) is 5.41 Å². The van der Waals surface area contributed by atoms with Gasteiger partial charge in [-0.05, 0) is 25.3 Å². The third-order valence-electron chi connectivity index (χ3n) is 3.59. The lowest BCUT2D eigenvalue weighted by Crippen LogP contribution is -2.28. The maximum atomic E-state index is 3.32. The molecule has 0 saturated carbocycles. The lowest BCUT2D eigenvalue weighted by molar-refractivity contribution is 0.266. The van der Waals surface area contributed by atoms with Crippen molar-refractivity contribution in [3.63, 3.8) is 0 Å². The molecule has 0 heterocycles. The van der Waals surface area contributed by atoms with Gasteiger partial charge >= 0.3 is 0 Å². The predicted octanol–water partition coefficient (Wildman–Crippen LogP) is 4.37. The molecular formula is C14H31N. The van der Waals surface area contributed by atoms with Crippen LogP contribution in [0.1, 0.15) is 72.1 Å². The molecule has 1 nitrogen and oxygen atoms in total. The molecule has 0 fully saturated rings. The van der Waals surface area contributed by atoms with Gasteiger partial charge in [0.1, 0.15) is 0 Å². The van der Waals surface area contributed by atoms with Gasteiger partial charge in [0.25, 0.3) is 0 Å². The summed E-state index contributed by atoms with van der Waals surface area (Å²) in [5.41, 5.74) is 0.527. The first-order chi connectivity index (χ1) is 7.18. The van der Waals surface area contributed by atoms with Crippen molar-refractivity contribution >= 4 is 0 Å². The third-order valence-corrected chi connectivity index (χ3v) is 3.59. The minimum Gasteiger partial charge on any atom is -0.319 e. The Balaban J connectivity index is 3.46. The van der Waals surface area contributed by atoms with E-state index >= 15 is 0 Å². The second-order valence-electron chi connectivity index (χ2n) is 5.21. The van der Waals surface area contributed by atoms with Gasteiger partial charge in [0, 0.05) is 6.54 Å². The van der Waals surface area contributed by atoms with Crippen LogP contribution in [0.5, 0.6) is 0 Å². The minimum absolute atomic E-state index is 0.527. The molecule has 92 valence electrons. The molecule has 0 bridgehead atoms. The summed E-state index contributed by atoms with van der Waals surface area (Å²) in [5, 5.41) is 3.32. The molecule has 0 aromatic heterocycles. The number of unbranched alkanes of at least 4 members (excludes halogenated alkanes) is 5. The minimum atomic E-state index is 0.527. The molecule has 1 heteroatoms. The molecular weight excluding hydrogens is 182 g/mol. The van der Waals surface area contributed by atoms with Crippen molar-refractivity contribution in [3.05, 3.63) is 0 Å². The Kier molecular flexibility index (Phi) is 9.18. The van der Waals surface area contributed by atoms with Crippen LogP contribution in [0.2, 0.25) is 0 Å². The van der Waals surface area contributed by atoms with Crippen molar-refractivity contribution in [3.8, 4) is 0 Å². The summed E-state index contributed by atoms with van der Waals surface area (Å²) in [7, 11) is 2.06. The van der Waals surface area contributed by atoms with Gasteiger partial charge in [-0.15, -0.1) is 0 Å². The summed E-state index contributed by atoms with van der Waals surface area (Å²) < 4.78 is 0. The summed E-state index contributed by atoms with van der Waals surface area (Å²) in [4.78, 5) is 0.